The number of nitrogens with zero attached hydrogens (tertiary/aromatic N) is 2. The maximum atomic E-state index is 6.29. The number of nitrogens with one attached hydrogen (secondary N) is 1. The molecular formula is C30H31N5O3. The Morgan fingerprint density at radius 3 is 1.50 bits per heavy atom. The van der Waals surface area contributed by atoms with Crippen LogP contribution in [0.25, 0.3) is 0 Å². The molecule has 4 rings (SSSR count). The van der Waals surface area contributed by atoms with Crippen molar-refractivity contribution in [3.05, 3.63) is 120 Å². The van der Waals surface area contributed by atoms with E-state index in [4.69, 9.17) is 25.7 Å². The summed E-state index contributed by atoms with van der Waals surface area (Å²) in [5.74, 6) is 1.59. The summed E-state index contributed by atoms with van der Waals surface area (Å²) in [7, 11) is 1.54. The minimum atomic E-state index is 0.0546. The van der Waals surface area contributed by atoms with Gasteiger partial charge >= 0.3 is 0 Å². The van der Waals surface area contributed by atoms with Gasteiger partial charge in [0.1, 0.15) is 19.8 Å². The van der Waals surface area contributed by atoms with E-state index in [1.807, 2.05) is 91.0 Å². The SMILES string of the molecule is CN=C(N)N=C(N)Nc1cc(OCc2ccccc2)c(OCc2ccccc2)c(OCc2ccccc2)c1. The second-order valence-electron chi connectivity index (χ2n) is 8.33. The van der Waals surface area contributed by atoms with E-state index in [9.17, 15) is 0 Å². The van der Waals surface area contributed by atoms with E-state index in [0.29, 0.717) is 42.8 Å². The van der Waals surface area contributed by atoms with Crippen LogP contribution in [-0.2, 0) is 19.8 Å². The van der Waals surface area contributed by atoms with Crippen LogP contribution >= 0.6 is 0 Å². The number of anilines is 1. The molecule has 0 unspecified atom stereocenters. The minimum absolute atomic E-state index is 0.0546. The second kappa shape index (κ2) is 13.4. The Balaban J connectivity index is 1.69. The molecular weight excluding hydrogens is 478 g/mol. The number of rotatable bonds is 10. The van der Waals surface area contributed by atoms with Gasteiger partial charge in [0.2, 0.25) is 17.7 Å². The lowest BCUT2D eigenvalue weighted by Crippen LogP contribution is -2.26. The molecule has 4 aromatic carbocycles. The molecule has 0 fully saturated rings. The lowest BCUT2D eigenvalue weighted by Gasteiger charge is -2.19. The van der Waals surface area contributed by atoms with Gasteiger partial charge in [-0.1, -0.05) is 91.0 Å². The predicted octanol–water partition coefficient (Wildman–Crippen LogP) is 5.09. The van der Waals surface area contributed by atoms with Crippen molar-refractivity contribution in [3.8, 4) is 17.2 Å². The molecule has 0 saturated carbocycles. The summed E-state index contributed by atoms with van der Waals surface area (Å²) in [5.41, 5.74) is 15.4. The molecule has 0 atom stereocenters. The highest BCUT2D eigenvalue weighted by Gasteiger charge is 2.17. The Morgan fingerprint density at radius 1 is 0.658 bits per heavy atom. The molecule has 0 heterocycles. The molecule has 0 bridgehead atoms. The van der Waals surface area contributed by atoms with E-state index in [1.54, 1.807) is 12.1 Å². The van der Waals surface area contributed by atoms with Crippen LogP contribution in [0.5, 0.6) is 17.2 Å². The van der Waals surface area contributed by atoms with Gasteiger partial charge in [0.25, 0.3) is 0 Å². The fraction of sp³-hybridized carbons (Fsp3) is 0.133. The highest BCUT2D eigenvalue weighted by Crippen LogP contribution is 2.42. The summed E-state index contributed by atoms with van der Waals surface area (Å²) in [6.07, 6.45) is 0. The van der Waals surface area contributed by atoms with Crippen molar-refractivity contribution in [2.24, 2.45) is 21.5 Å². The normalized spacial score (nSPS) is 11.6. The molecule has 0 amide bonds. The van der Waals surface area contributed by atoms with Crippen LogP contribution in [0.3, 0.4) is 0 Å². The van der Waals surface area contributed by atoms with Crippen molar-refractivity contribution >= 4 is 17.6 Å². The van der Waals surface area contributed by atoms with Crippen molar-refractivity contribution in [2.45, 2.75) is 19.8 Å². The Bertz CT molecular complexity index is 1300. The molecule has 194 valence electrons. The first-order chi connectivity index (χ1) is 18.6. The summed E-state index contributed by atoms with van der Waals surface area (Å²) < 4.78 is 18.8. The average molecular weight is 510 g/mol. The summed E-state index contributed by atoms with van der Waals surface area (Å²) in [5, 5.41) is 3.04. The zero-order valence-corrected chi connectivity index (χ0v) is 21.2. The first-order valence-electron chi connectivity index (χ1n) is 12.1. The third kappa shape index (κ3) is 7.76. The molecule has 4 aromatic rings. The minimum Gasteiger partial charge on any atom is -0.485 e. The zero-order chi connectivity index (χ0) is 26.6. The van der Waals surface area contributed by atoms with Crippen molar-refractivity contribution in [1.82, 2.24) is 0 Å². The summed E-state index contributed by atoms with van der Waals surface area (Å²) in [6.45, 7) is 1.01. The van der Waals surface area contributed by atoms with Crippen molar-refractivity contribution < 1.29 is 14.2 Å². The molecule has 0 spiro atoms. The van der Waals surface area contributed by atoms with Crippen molar-refractivity contribution in [1.29, 1.82) is 0 Å². The molecule has 8 nitrogen and oxygen atoms in total. The van der Waals surface area contributed by atoms with Gasteiger partial charge in [-0.15, -0.1) is 0 Å². The largest absolute Gasteiger partial charge is 0.485 e. The van der Waals surface area contributed by atoms with Crippen LogP contribution in [-0.4, -0.2) is 19.0 Å². The first-order valence-corrected chi connectivity index (χ1v) is 12.1. The average Bonchev–Trinajstić information content (AvgIpc) is 2.95. The molecule has 0 saturated heterocycles. The molecule has 38 heavy (non-hydrogen) atoms. The van der Waals surface area contributed by atoms with Gasteiger partial charge in [-0.3, -0.25) is 4.99 Å². The van der Waals surface area contributed by atoms with Gasteiger partial charge in [-0.05, 0) is 16.7 Å². The van der Waals surface area contributed by atoms with Gasteiger partial charge in [0.05, 0.1) is 0 Å². The van der Waals surface area contributed by atoms with Gasteiger partial charge in [-0.2, -0.15) is 4.99 Å². The van der Waals surface area contributed by atoms with Crippen LogP contribution in [0.15, 0.2) is 113 Å². The van der Waals surface area contributed by atoms with Crippen LogP contribution < -0.4 is 31.0 Å². The summed E-state index contributed by atoms with van der Waals surface area (Å²) >= 11 is 0. The molecule has 0 aliphatic heterocycles. The Labute approximate surface area is 222 Å². The van der Waals surface area contributed by atoms with Crippen molar-refractivity contribution in [2.75, 3.05) is 12.4 Å². The van der Waals surface area contributed by atoms with Gasteiger partial charge < -0.3 is 31.0 Å². The van der Waals surface area contributed by atoms with E-state index in [1.165, 1.54) is 7.05 Å². The van der Waals surface area contributed by atoms with E-state index in [2.05, 4.69) is 15.3 Å². The number of benzene rings is 4. The van der Waals surface area contributed by atoms with Crippen LogP contribution in [0.1, 0.15) is 16.7 Å². The summed E-state index contributed by atoms with van der Waals surface area (Å²) in [6, 6.07) is 33.3. The smallest absolute Gasteiger partial charge is 0.218 e. The lowest BCUT2D eigenvalue weighted by atomic mass is 10.2. The predicted molar refractivity (Wildman–Crippen MR) is 152 cm³/mol. The number of hydrogen-bond donors (Lipinski definition) is 3. The summed E-state index contributed by atoms with van der Waals surface area (Å²) in [4.78, 5) is 7.85. The van der Waals surface area contributed by atoms with Crippen LogP contribution in [0.4, 0.5) is 5.69 Å². The fourth-order valence-electron chi connectivity index (χ4n) is 3.56. The van der Waals surface area contributed by atoms with E-state index in [-0.39, 0.29) is 11.9 Å². The third-order valence-corrected chi connectivity index (χ3v) is 5.46. The quantitative estimate of drug-likeness (QED) is 0.202. The number of ether oxygens (including phenoxy) is 3. The maximum absolute atomic E-state index is 6.29. The molecule has 5 N–H and O–H groups in total. The fourth-order valence-corrected chi connectivity index (χ4v) is 3.56. The lowest BCUT2D eigenvalue weighted by molar-refractivity contribution is 0.230. The molecule has 0 aromatic heterocycles. The molecule has 0 radical (unpaired) electrons. The first kappa shape index (κ1) is 26.1. The Kier molecular flexibility index (Phi) is 9.18. The monoisotopic (exact) mass is 509 g/mol. The van der Waals surface area contributed by atoms with Gasteiger partial charge in [-0.25, -0.2) is 0 Å². The Morgan fingerprint density at radius 2 is 1.08 bits per heavy atom. The van der Waals surface area contributed by atoms with Gasteiger partial charge in [0.15, 0.2) is 11.5 Å². The van der Waals surface area contributed by atoms with E-state index < -0.39 is 0 Å². The molecule has 0 aliphatic carbocycles. The number of aliphatic imine (C=N–C) groups is 2. The van der Waals surface area contributed by atoms with Gasteiger partial charge in [0, 0.05) is 24.9 Å². The third-order valence-electron chi connectivity index (χ3n) is 5.46. The highest BCUT2D eigenvalue weighted by atomic mass is 16.5. The highest BCUT2D eigenvalue weighted by molar-refractivity contribution is 6.00. The maximum Gasteiger partial charge on any atom is 0.218 e. The Hall–Kier alpha value is -4.98. The number of guanidine groups is 2. The molecule has 8 heteroatoms. The van der Waals surface area contributed by atoms with E-state index in [0.717, 1.165) is 16.7 Å². The topological polar surface area (TPSA) is 116 Å². The second-order valence-corrected chi connectivity index (χ2v) is 8.33. The molecule has 0 aliphatic rings. The van der Waals surface area contributed by atoms with Crippen molar-refractivity contribution in [3.63, 3.8) is 0 Å². The van der Waals surface area contributed by atoms with Crippen LogP contribution in [0.2, 0.25) is 0 Å². The zero-order valence-electron chi connectivity index (χ0n) is 21.2. The van der Waals surface area contributed by atoms with Crippen LogP contribution in [0, 0.1) is 0 Å². The van der Waals surface area contributed by atoms with E-state index >= 15 is 0 Å². The number of hydrogen-bond acceptors (Lipinski definition) is 4. The standard InChI is InChI=1S/C30H31N5O3/c1-33-29(31)35-30(32)34-25-17-26(36-19-22-11-5-2-6-12-22)28(38-21-24-15-9-4-10-16-24)27(18-25)37-20-23-13-7-3-8-14-23/h2-18H,19-21H2,1H3,(H5,31,32,33,34,35). The number of nitrogens with two attached hydrogens (primary N) is 2.